The van der Waals surface area contributed by atoms with E-state index in [2.05, 4.69) is 20.4 Å². The Balaban J connectivity index is 1.91. The smallest absolute Gasteiger partial charge is 0.292 e. The summed E-state index contributed by atoms with van der Waals surface area (Å²) in [5.41, 5.74) is 1.96. The SMILES string of the molecule is Cc1[nH][nH]c(=O)c1C(c1ccc(N2CCOCC2)c([N+](=O)[O-])c1)c1c(C)[nH][nH]c1=O. The zero-order valence-electron chi connectivity index (χ0n) is 16.6. The molecule has 0 amide bonds. The van der Waals surface area contributed by atoms with Crippen LogP contribution in [0.5, 0.6) is 0 Å². The molecule has 0 aliphatic carbocycles. The molecule has 1 aliphatic rings. The largest absolute Gasteiger partial charge is 0.378 e. The topological polar surface area (TPSA) is 153 Å². The molecule has 1 saturated heterocycles. The number of ether oxygens (including phenoxy) is 1. The molecule has 0 bridgehead atoms. The molecule has 0 radical (unpaired) electrons. The van der Waals surface area contributed by atoms with E-state index in [9.17, 15) is 19.7 Å². The summed E-state index contributed by atoms with van der Waals surface area (Å²) in [6.07, 6.45) is 0. The molecule has 1 fully saturated rings. The van der Waals surface area contributed by atoms with Gasteiger partial charge in [-0.3, -0.25) is 29.9 Å². The average Bonchev–Trinajstić information content (AvgIpc) is 3.25. The van der Waals surface area contributed by atoms with Crippen molar-refractivity contribution in [2.75, 3.05) is 31.2 Å². The van der Waals surface area contributed by atoms with Crippen LogP contribution in [0.2, 0.25) is 0 Å². The second kappa shape index (κ2) is 7.67. The summed E-state index contributed by atoms with van der Waals surface area (Å²) in [7, 11) is 0. The van der Waals surface area contributed by atoms with Crippen LogP contribution in [0, 0.1) is 24.0 Å². The van der Waals surface area contributed by atoms with Crippen LogP contribution in [-0.4, -0.2) is 51.6 Å². The maximum absolute atomic E-state index is 12.5. The molecule has 158 valence electrons. The van der Waals surface area contributed by atoms with Gasteiger partial charge in [0.15, 0.2) is 0 Å². The zero-order chi connectivity index (χ0) is 21.4. The van der Waals surface area contributed by atoms with Crippen molar-refractivity contribution in [3.05, 3.63) is 77.1 Å². The van der Waals surface area contributed by atoms with Gasteiger partial charge >= 0.3 is 0 Å². The highest BCUT2D eigenvalue weighted by atomic mass is 16.6. The first-order chi connectivity index (χ1) is 14.4. The van der Waals surface area contributed by atoms with Crippen molar-refractivity contribution in [1.29, 1.82) is 0 Å². The Morgan fingerprint density at radius 2 is 1.57 bits per heavy atom. The third-order valence-corrected chi connectivity index (χ3v) is 5.48. The van der Waals surface area contributed by atoms with Gasteiger partial charge in [-0.15, -0.1) is 0 Å². The van der Waals surface area contributed by atoms with Gasteiger partial charge in [0.1, 0.15) is 5.69 Å². The lowest BCUT2D eigenvalue weighted by molar-refractivity contribution is -0.384. The third-order valence-electron chi connectivity index (χ3n) is 5.48. The molecule has 3 heterocycles. The number of hydrogen-bond acceptors (Lipinski definition) is 6. The number of nitrogens with zero attached hydrogens (tertiary/aromatic N) is 2. The number of H-pyrrole nitrogens is 4. The van der Waals surface area contributed by atoms with E-state index in [-0.39, 0.29) is 16.8 Å². The summed E-state index contributed by atoms with van der Waals surface area (Å²) in [5, 5.41) is 22.5. The Morgan fingerprint density at radius 1 is 1.00 bits per heavy atom. The van der Waals surface area contributed by atoms with Crippen LogP contribution < -0.4 is 16.0 Å². The van der Waals surface area contributed by atoms with E-state index in [0.717, 1.165) is 0 Å². The number of nitro groups is 1. The fraction of sp³-hybridized carbons (Fsp3) is 0.368. The molecule has 0 atom stereocenters. The highest BCUT2D eigenvalue weighted by molar-refractivity contribution is 5.66. The number of aromatic amines is 4. The lowest BCUT2D eigenvalue weighted by atomic mass is 9.85. The van der Waals surface area contributed by atoms with Gasteiger partial charge in [-0.25, -0.2) is 0 Å². The number of aryl methyl sites for hydroxylation is 2. The summed E-state index contributed by atoms with van der Waals surface area (Å²) < 4.78 is 5.34. The predicted molar refractivity (Wildman–Crippen MR) is 109 cm³/mol. The van der Waals surface area contributed by atoms with Crippen LogP contribution in [0.3, 0.4) is 0 Å². The summed E-state index contributed by atoms with van der Waals surface area (Å²) in [4.78, 5) is 38.4. The van der Waals surface area contributed by atoms with Gasteiger partial charge < -0.3 is 19.8 Å². The van der Waals surface area contributed by atoms with Gasteiger partial charge in [0.05, 0.1) is 29.3 Å². The molecule has 4 N–H and O–H groups in total. The molecular weight excluding hydrogens is 392 g/mol. The van der Waals surface area contributed by atoms with Gasteiger partial charge in [-0.05, 0) is 25.5 Å². The minimum absolute atomic E-state index is 0.0753. The standard InChI is InChI=1S/C19H22N6O5/c1-10-15(18(26)22-20-10)17(16-11(2)21-23-19(16)27)12-3-4-13(14(9-12)25(28)29)24-5-7-30-8-6-24/h3-4,9,17H,5-8H2,1-2H3,(H2,20,22,26)(H2,21,23,27). The van der Waals surface area contributed by atoms with Crippen LogP contribution in [0.15, 0.2) is 27.8 Å². The molecule has 4 rings (SSSR count). The number of hydrogen-bond donors (Lipinski definition) is 4. The van der Waals surface area contributed by atoms with Gasteiger partial charge in [0.2, 0.25) is 0 Å². The van der Waals surface area contributed by atoms with E-state index < -0.39 is 10.8 Å². The fourth-order valence-corrected chi connectivity index (χ4v) is 4.02. The lowest BCUT2D eigenvalue weighted by Crippen LogP contribution is -2.36. The van der Waals surface area contributed by atoms with Crippen molar-refractivity contribution in [1.82, 2.24) is 20.4 Å². The second-order valence-corrected chi connectivity index (χ2v) is 7.27. The van der Waals surface area contributed by atoms with Crippen LogP contribution in [-0.2, 0) is 4.74 Å². The Morgan fingerprint density at radius 3 is 2.03 bits per heavy atom. The minimum Gasteiger partial charge on any atom is -0.378 e. The number of morpholine rings is 1. The Bertz CT molecular complexity index is 1140. The van der Waals surface area contributed by atoms with Crippen LogP contribution in [0.25, 0.3) is 0 Å². The monoisotopic (exact) mass is 414 g/mol. The van der Waals surface area contributed by atoms with Gasteiger partial charge in [0, 0.05) is 36.5 Å². The van der Waals surface area contributed by atoms with Gasteiger partial charge in [-0.2, -0.15) is 0 Å². The van der Waals surface area contributed by atoms with Crippen LogP contribution in [0.4, 0.5) is 11.4 Å². The van der Waals surface area contributed by atoms with E-state index in [4.69, 9.17) is 4.74 Å². The van der Waals surface area contributed by atoms with Crippen molar-refractivity contribution < 1.29 is 9.66 Å². The van der Waals surface area contributed by atoms with E-state index in [0.29, 0.717) is 60.1 Å². The number of nitrogens with one attached hydrogen (secondary N) is 4. The van der Waals surface area contributed by atoms with Crippen molar-refractivity contribution >= 4 is 11.4 Å². The molecule has 11 heteroatoms. The number of anilines is 1. The van der Waals surface area contributed by atoms with Crippen molar-refractivity contribution in [2.24, 2.45) is 0 Å². The number of nitro benzene ring substituents is 1. The van der Waals surface area contributed by atoms with Gasteiger partial charge in [-0.1, -0.05) is 6.07 Å². The normalized spacial score (nSPS) is 14.4. The lowest BCUT2D eigenvalue weighted by Gasteiger charge is -2.29. The van der Waals surface area contributed by atoms with Crippen molar-refractivity contribution in [3.63, 3.8) is 0 Å². The molecule has 30 heavy (non-hydrogen) atoms. The van der Waals surface area contributed by atoms with Gasteiger partial charge in [0.25, 0.3) is 16.8 Å². The van der Waals surface area contributed by atoms with E-state index in [1.54, 1.807) is 26.0 Å². The first kappa shape index (κ1) is 19.7. The number of rotatable bonds is 5. The molecule has 0 saturated carbocycles. The summed E-state index contributed by atoms with van der Waals surface area (Å²) in [6, 6.07) is 4.87. The number of benzene rings is 1. The molecule has 3 aromatic rings. The summed E-state index contributed by atoms with van der Waals surface area (Å²) in [6.45, 7) is 5.53. The summed E-state index contributed by atoms with van der Waals surface area (Å²) >= 11 is 0. The van der Waals surface area contributed by atoms with Crippen molar-refractivity contribution in [3.8, 4) is 0 Å². The quantitative estimate of drug-likeness (QED) is 0.364. The predicted octanol–water partition coefficient (Wildman–Crippen LogP) is 1.26. The van der Waals surface area contributed by atoms with Crippen molar-refractivity contribution in [2.45, 2.75) is 19.8 Å². The first-order valence-electron chi connectivity index (χ1n) is 9.53. The van der Waals surface area contributed by atoms with E-state index >= 15 is 0 Å². The Hall–Kier alpha value is -3.60. The van der Waals surface area contributed by atoms with Crippen LogP contribution >= 0.6 is 0 Å². The highest BCUT2D eigenvalue weighted by Crippen LogP contribution is 2.37. The fourth-order valence-electron chi connectivity index (χ4n) is 4.02. The zero-order valence-corrected chi connectivity index (χ0v) is 16.6. The Kier molecular flexibility index (Phi) is 5.04. The highest BCUT2D eigenvalue weighted by Gasteiger charge is 2.31. The third kappa shape index (κ3) is 3.32. The van der Waals surface area contributed by atoms with Crippen LogP contribution in [0.1, 0.15) is 34.0 Å². The maximum Gasteiger partial charge on any atom is 0.292 e. The molecule has 0 spiro atoms. The van der Waals surface area contributed by atoms with E-state index in [1.165, 1.54) is 6.07 Å². The number of aromatic nitrogens is 4. The van der Waals surface area contributed by atoms with E-state index in [1.807, 2.05) is 4.90 Å². The molecule has 1 aliphatic heterocycles. The maximum atomic E-state index is 12.5. The molecule has 11 nitrogen and oxygen atoms in total. The molecule has 0 unspecified atom stereocenters. The average molecular weight is 414 g/mol. The minimum atomic E-state index is -0.771. The first-order valence-corrected chi connectivity index (χ1v) is 9.53. The summed E-state index contributed by atoms with van der Waals surface area (Å²) in [5.74, 6) is -0.771. The molecule has 2 aromatic heterocycles. The molecule has 1 aromatic carbocycles. The Labute approximate surface area is 170 Å². The molecular formula is C19H22N6O5. The second-order valence-electron chi connectivity index (χ2n) is 7.27.